The summed E-state index contributed by atoms with van der Waals surface area (Å²) >= 11 is 0. The average molecular weight is 391 g/mol. The van der Waals surface area contributed by atoms with E-state index in [1.54, 1.807) is 0 Å². The lowest BCUT2D eigenvalue weighted by molar-refractivity contribution is 0.206. The van der Waals surface area contributed by atoms with Crippen LogP contribution in [-0.4, -0.2) is 56.2 Å². The molecule has 154 valence electrons. The number of piperidine rings is 1. The third-order valence-corrected chi connectivity index (χ3v) is 6.45. The van der Waals surface area contributed by atoms with Crippen LogP contribution in [0.1, 0.15) is 36.8 Å². The van der Waals surface area contributed by atoms with Crippen molar-refractivity contribution in [3.8, 4) is 0 Å². The maximum Gasteiger partial charge on any atom is 0.0457 e. The molecule has 4 rings (SSSR count). The number of H-pyrrole nitrogens is 1. The monoisotopic (exact) mass is 390 g/mol. The van der Waals surface area contributed by atoms with E-state index >= 15 is 0 Å². The molecule has 1 saturated heterocycles. The summed E-state index contributed by atoms with van der Waals surface area (Å²) < 4.78 is 0. The van der Waals surface area contributed by atoms with Crippen molar-refractivity contribution < 1.29 is 0 Å². The summed E-state index contributed by atoms with van der Waals surface area (Å²) in [7, 11) is 4.19. The van der Waals surface area contributed by atoms with Crippen LogP contribution < -0.4 is 10.2 Å². The van der Waals surface area contributed by atoms with E-state index in [1.807, 2.05) is 0 Å². The third-order valence-electron chi connectivity index (χ3n) is 6.45. The van der Waals surface area contributed by atoms with Gasteiger partial charge in [-0.2, -0.15) is 0 Å². The van der Waals surface area contributed by atoms with Crippen molar-refractivity contribution in [3.05, 3.63) is 65.9 Å². The van der Waals surface area contributed by atoms with Gasteiger partial charge in [0.25, 0.3) is 0 Å². The van der Waals surface area contributed by atoms with Gasteiger partial charge in [0.1, 0.15) is 0 Å². The Balaban J connectivity index is 1.57. The first-order chi connectivity index (χ1) is 14.2. The standard InChI is InChI=1S/C25H34N4/c1-4-29-15-13-20(14-16-29)26-17-23(19-9-11-21(12-10-19)28(2)3)24-18-27-25-8-6-5-7-22(24)25/h5-12,18,20,23,26-27H,4,13-17H2,1-3H3. The highest BCUT2D eigenvalue weighted by Crippen LogP contribution is 2.31. The Labute approximate surface area is 174 Å². The van der Waals surface area contributed by atoms with Crippen LogP contribution in [0.5, 0.6) is 0 Å². The van der Waals surface area contributed by atoms with Crippen LogP contribution in [-0.2, 0) is 0 Å². The molecule has 29 heavy (non-hydrogen) atoms. The first-order valence-corrected chi connectivity index (χ1v) is 10.9. The van der Waals surface area contributed by atoms with E-state index in [1.165, 1.54) is 60.2 Å². The molecule has 0 radical (unpaired) electrons. The van der Waals surface area contributed by atoms with E-state index in [0.29, 0.717) is 12.0 Å². The van der Waals surface area contributed by atoms with E-state index in [-0.39, 0.29) is 0 Å². The van der Waals surface area contributed by atoms with Gasteiger partial charge in [0.15, 0.2) is 0 Å². The van der Waals surface area contributed by atoms with Crippen molar-refractivity contribution in [2.45, 2.75) is 31.7 Å². The highest BCUT2D eigenvalue weighted by molar-refractivity contribution is 5.84. The molecule has 0 spiro atoms. The van der Waals surface area contributed by atoms with Gasteiger partial charge in [-0.05, 0) is 61.8 Å². The van der Waals surface area contributed by atoms with Crippen molar-refractivity contribution in [3.63, 3.8) is 0 Å². The van der Waals surface area contributed by atoms with E-state index in [9.17, 15) is 0 Å². The quantitative estimate of drug-likeness (QED) is 0.626. The maximum atomic E-state index is 3.90. The second-order valence-corrected chi connectivity index (χ2v) is 8.44. The topological polar surface area (TPSA) is 34.3 Å². The van der Waals surface area contributed by atoms with Gasteiger partial charge in [0.2, 0.25) is 0 Å². The normalized spacial score (nSPS) is 16.9. The van der Waals surface area contributed by atoms with Gasteiger partial charge in [-0.25, -0.2) is 0 Å². The zero-order chi connectivity index (χ0) is 20.2. The molecule has 1 unspecified atom stereocenters. The highest BCUT2D eigenvalue weighted by atomic mass is 15.1. The van der Waals surface area contributed by atoms with Gasteiger partial charge in [0.05, 0.1) is 0 Å². The van der Waals surface area contributed by atoms with Gasteiger partial charge in [-0.1, -0.05) is 37.3 Å². The number of nitrogens with one attached hydrogen (secondary N) is 2. The number of aromatic nitrogens is 1. The molecule has 1 aromatic heterocycles. The number of benzene rings is 2. The number of nitrogens with zero attached hydrogens (tertiary/aromatic N) is 2. The van der Waals surface area contributed by atoms with Crippen LogP contribution in [0.3, 0.4) is 0 Å². The summed E-state index contributed by atoms with van der Waals surface area (Å²) in [5, 5.41) is 5.23. The fourth-order valence-corrected chi connectivity index (χ4v) is 4.53. The molecule has 0 saturated carbocycles. The predicted molar refractivity (Wildman–Crippen MR) is 124 cm³/mol. The Bertz CT molecular complexity index is 904. The molecule has 1 aliphatic heterocycles. The van der Waals surface area contributed by atoms with Crippen molar-refractivity contribution in [2.24, 2.45) is 0 Å². The largest absolute Gasteiger partial charge is 0.378 e. The zero-order valence-corrected chi connectivity index (χ0v) is 18.0. The van der Waals surface area contributed by atoms with Crippen LogP contribution >= 0.6 is 0 Å². The molecule has 0 amide bonds. The maximum absolute atomic E-state index is 3.90. The molecule has 4 nitrogen and oxygen atoms in total. The van der Waals surface area contributed by atoms with Gasteiger partial charge < -0.3 is 20.1 Å². The molecule has 4 heteroatoms. The molecule has 2 aromatic carbocycles. The van der Waals surface area contributed by atoms with E-state index in [4.69, 9.17) is 0 Å². The number of rotatable bonds is 7. The minimum atomic E-state index is 0.339. The Morgan fingerprint density at radius 3 is 2.48 bits per heavy atom. The van der Waals surface area contributed by atoms with E-state index in [0.717, 1.165) is 6.54 Å². The Hall–Kier alpha value is -2.30. The minimum absolute atomic E-state index is 0.339. The average Bonchev–Trinajstić information content (AvgIpc) is 3.19. The van der Waals surface area contributed by atoms with Gasteiger partial charge in [0, 0.05) is 55.4 Å². The van der Waals surface area contributed by atoms with Crippen LogP contribution in [0.15, 0.2) is 54.7 Å². The Kier molecular flexibility index (Phi) is 6.22. The first-order valence-electron chi connectivity index (χ1n) is 10.9. The summed E-state index contributed by atoms with van der Waals surface area (Å²) in [5.74, 6) is 0.339. The minimum Gasteiger partial charge on any atom is -0.378 e. The fourth-order valence-electron chi connectivity index (χ4n) is 4.53. The summed E-state index contributed by atoms with van der Waals surface area (Å²) in [5.41, 5.74) is 5.22. The summed E-state index contributed by atoms with van der Waals surface area (Å²) in [6.07, 6.45) is 4.69. The van der Waals surface area contributed by atoms with Crippen molar-refractivity contribution in [2.75, 3.05) is 45.2 Å². The van der Waals surface area contributed by atoms with Crippen molar-refractivity contribution in [1.82, 2.24) is 15.2 Å². The van der Waals surface area contributed by atoms with E-state index in [2.05, 4.69) is 95.8 Å². The smallest absolute Gasteiger partial charge is 0.0457 e. The van der Waals surface area contributed by atoms with E-state index < -0.39 is 0 Å². The number of likely N-dealkylation sites (tertiary alicyclic amines) is 1. The number of hydrogen-bond donors (Lipinski definition) is 2. The SMILES string of the molecule is CCN1CCC(NCC(c2ccc(N(C)C)cc2)c2c[nH]c3ccccc23)CC1. The second kappa shape index (κ2) is 9.02. The lowest BCUT2D eigenvalue weighted by Gasteiger charge is -2.32. The molecule has 0 aliphatic carbocycles. The third kappa shape index (κ3) is 4.49. The van der Waals surface area contributed by atoms with Gasteiger partial charge in [-0.15, -0.1) is 0 Å². The van der Waals surface area contributed by atoms with Crippen molar-refractivity contribution >= 4 is 16.6 Å². The van der Waals surface area contributed by atoms with Gasteiger partial charge >= 0.3 is 0 Å². The molecular formula is C25H34N4. The van der Waals surface area contributed by atoms with Crippen molar-refractivity contribution in [1.29, 1.82) is 0 Å². The van der Waals surface area contributed by atoms with Crippen LogP contribution in [0, 0.1) is 0 Å². The second-order valence-electron chi connectivity index (χ2n) is 8.44. The van der Waals surface area contributed by atoms with Crippen LogP contribution in [0.4, 0.5) is 5.69 Å². The number of aromatic amines is 1. The number of hydrogen-bond acceptors (Lipinski definition) is 3. The van der Waals surface area contributed by atoms with Gasteiger partial charge in [-0.3, -0.25) is 0 Å². The molecule has 1 aliphatic rings. The number of anilines is 1. The molecule has 1 atom stereocenters. The molecule has 2 heterocycles. The predicted octanol–water partition coefficient (Wildman–Crippen LogP) is 4.44. The molecule has 1 fully saturated rings. The first kappa shape index (κ1) is 20.0. The summed E-state index contributed by atoms with van der Waals surface area (Å²) in [4.78, 5) is 8.18. The van der Waals surface area contributed by atoms with Crippen LogP contribution in [0.2, 0.25) is 0 Å². The summed E-state index contributed by atoms with van der Waals surface area (Å²) in [6.45, 7) is 6.83. The number of fused-ring (bicyclic) bond motifs is 1. The lowest BCUT2D eigenvalue weighted by Crippen LogP contribution is -2.43. The highest BCUT2D eigenvalue weighted by Gasteiger charge is 2.22. The fraction of sp³-hybridized carbons (Fsp3) is 0.440. The molecule has 0 bridgehead atoms. The Morgan fingerprint density at radius 2 is 1.79 bits per heavy atom. The molecular weight excluding hydrogens is 356 g/mol. The Morgan fingerprint density at radius 1 is 1.07 bits per heavy atom. The number of para-hydroxylation sites is 1. The zero-order valence-electron chi connectivity index (χ0n) is 18.0. The molecule has 3 aromatic rings. The molecule has 2 N–H and O–H groups in total. The summed E-state index contributed by atoms with van der Waals surface area (Å²) in [6, 6.07) is 18.3. The lowest BCUT2D eigenvalue weighted by atomic mass is 9.90. The van der Waals surface area contributed by atoms with Crippen LogP contribution in [0.25, 0.3) is 10.9 Å².